The number of hydrazone groups is 1. The highest BCUT2D eigenvalue weighted by molar-refractivity contribution is 6.33. The summed E-state index contributed by atoms with van der Waals surface area (Å²) in [6.07, 6.45) is 1.61. The lowest BCUT2D eigenvalue weighted by atomic mass is 10.0. The molecule has 29 heavy (non-hydrogen) atoms. The fourth-order valence-corrected chi connectivity index (χ4v) is 3.02. The monoisotopic (exact) mass is 411 g/mol. The van der Waals surface area contributed by atoms with Crippen molar-refractivity contribution in [1.82, 2.24) is 5.43 Å². The van der Waals surface area contributed by atoms with Gasteiger partial charge in [-0.15, -0.1) is 0 Å². The Hall–Kier alpha value is -3.45. The van der Waals surface area contributed by atoms with Crippen molar-refractivity contribution < 1.29 is 14.1 Å². The lowest BCUT2D eigenvalue weighted by Crippen LogP contribution is -2.20. The average Bonchev–Trinajstić information content (AvgIpc) is 3.13. The van der Waals surface area contributed by atoms with Gasteiger partial charge in [0.25, 0.3) is 5.69 Å². The molecule has 8 heteroatoms. The molecule has 1 N–H and O–H groups in total. The second kappa shape index (κ2) is 8.70. The number of hydrogen-bond acceptors (Lipinski definition) is 5. The van der Waals surface area contributed by atoms with Crippen LogP contribution in [0.4, 0.5) is 5.69 Å². The van der Waals surface area contributed by atoms with Crippen LogP contribution in [0.3, 0.4) is 0 Å². The van der Waals surface area contributed by atoms with Crippen molar-refractivity contribution in [2.45, 2.75) is 20.3 Å². The number of nitro benzene ring substituents is 1. The fourth-order valence-electron chi connectivity index (χ4n) is 2.76. The highest BCUT2D eigenvalue weighted by Crippen LogP contribution is 2.32. The molecule has 1 amide bonds. The van der Waals surface area contributed by atoms with E-state index in [4.69, 9.17) is 16.0 Å². The maximum Gasteiger partial charge on any atom is 0.270 e. The van der Waals surface area contributed by atoms with Crippen LogP contribution >= 0.6 is 11.6 Å². The van der Waals surface area contributed by atoms with Crippen molar-refractivity contribution >= 4 is 29.4 Å². The summed E-state index contributed by atoms with van der Waals surface area (Å²) in [6, 6.07) is 13.4. The van der Waals surface area contributed by atoms with Crippen LogP contribution in [0.2, 0.25) is 5.02 Å². The zero-order chi connectivity index (χ0) is 21.0. The summed E-state index contributed by atoms with van der Waals surface area (Å²) in [5, 5.41) is 14.9. The number of benzene rings is 2. The molecule has 2 aromatic carbocycles. The largest absolute Gasteiger partial charge is 0.455 e. The van der Waals surface area contributed by atoms with Gasteiger partial charge in [0.15, 0.2) is 0 Å². The maximum atomic E-state index is 12.1. The summed E-state index contributed by atoms with van der Waals surface area (Å²) in [4.78, 5) is 22.4. The second-order valence-electron chi connectivity index (χ2n) is 6.52. The van der Waals surface area contributed by atoms with Gasteiger partial charge in [-0.3, -0.25) is 14.9 Å². The van der Waals surface area contributed by atoms with Gasteiger partial charge in [0.05, 0.1) is 22.6 Å². The van der Waals surface area contributed by atoms with Gasteiger partial charge in [0, 0.05) is 17.7 Å². The fraction of sp³-hybridized carbons (Fsp3) is 0.143. The van der Waals surface area contributed by atoms with Gasteiger partial charge in [0.1, 0.15) is 11.5 Å². The number of carbonyl (C=O) groups is 1. The topological polar surface area (TPSA) is 97.7 Å². The number of carbonyl (C=O) groups excluding carboxylic acids is 1. The zero-order valence-electron chi connectivity index (χ0n) is 15.8. The summed E-state index contributed by atoms with van der Waals surface area (Å²) in [7, 11) is 0. The number of nitro groups is 1. The van der Waals surface area contributed by atoms with Crippen LogP contribution in [0, 0.1) is 24.0 Å². The Kier molecular flexibility index (Phi) is 6.09. The molecule has 0 bridgehead atoms. The van der Waals surface area contributed by atoms with Crippen molar-refractivity contribution in [3.8, 4) is 11.3 Å². The van der Waals surface area contributed by atoms with Crippen LogP contribution in [0.5, 0.6) is 0 Å². The van der Waals surface area contributed by atoms with Crippen LogP contribution in [0.25, 0.3) is 11.3 Å². The first-order chi connectivity index (χ1) is 13.8. The Morgan fingerprint density at radius 1 is 1.21 bits per heavy atom. The number of aryl methyl sites for hydroxylation is 2. The number of halogens is 1. The van der Waals surface area contributed by atoms with Crippen LogP contribution in [0.15, 0.2) is 58.0 Å². The molecular weight excluding hydrogens is 394 g/mol. The minimum absolute atomic E-state index is 0.0985. The lowest BCUT2D eigenvalue weighted by molar-refractivity contribution is -0.384. The van der Waals surface area contributed by atoms with E-state index in [1.165, 1.54) is 24.4 Å². The molecule has 0 aliphatic rings. The van der Waals surface area contributed by atoms with Crippen molar-refractivity contribution in [1.29, 1.82) is 0 Å². The van der Waals surface area contributed by atoms with Gasteiger partial charge >= 0.3 is 0 Å². The normalized spacial score (nSPS) is 11.0. The predicted octanol–water partition coefficient (Wildman–Crippen LogP) is 4.82. The quantitative estimate of drug-likeness (QED) is 0.357. The number of furan rings is 1. The van der Waals surface area contributed by atoms with Gasteiger partial charge in [-0.25, -0.2) is 5.43 Å². The van der Waals surface area contributed by atoms with Crippen LogP contribution in [-0.2, 0) is 11.2 Å². The standard InChI is InChI=1S/C21H18ClN3O4/c1-13-3-4-14(2)15(9-13)10-21(26)24-23-12-17-6-8-20(29-17)18-7-5-16(25(27)28)11-19(18)22/h3-9,11-12H,10H2,1-2H3,(H,24,26)/b23-12-. The molecule has 0 aliphatic heterocycles. The van der Waals surface area contributed by atoms with Gasteiger partial charge in [-0.05, 0) is 43.2 Å². The molecule has 0 unspecified atom stereocenters. The molecule has 0 fully saturated rings. The van der Waals surface area contributed by atoms with E-state index in [1.54, 1.807) is 12.1 Å². The summed E-state index contributed by atoms with van der Waals surface area (Å²) in [5.41, 5.74) is 5.99. The SMILES string of the molecule is Cc1ccc(C)c(CC(=O)N/N=C\c2ccc(-c3ccc([N+](=O)[O-])cc3Cl)o2)c1. The Morgan fingerprint density at radius 2 is 2.00 bits per heavy atom. The van der Waals surface area contributed by atoms with E-state index in [0.29, 0.717) is 17.1 Å². The maximum absolute atomic E-state index is 12.1. The number of nitrogens with zero attached hydrogens (tertiary/aromatic N) is 2. The molecular formula is C21H18ClN3O4. The molecule has 148 valence electrons. The Bertz CT molecular complexity index is 1110. The van der Waals surface area contributed by atoms with E-state index in [9.17, 15) is 14.9 Å². The highest BCUT2D eigenvalue weighted by atomic mass is 35.5. The number of hydrogen-bond donors (Lipinski definition) is 1. The first-order valence-electron chi connectivity index (χ1n) is 8.75. The summed E-state index contributed by atoms with van der Waals surface area (Å²) in [6.45, 7) is 3.93. The minimum Gasteiger partial charge on any atom is -0.455 e. The molecule has 0 saturated heterocycles. The lowest BCUT2D eigenvalue weighted by Gasteiger charge is -2.05. The summed E-state index contributed by atoms with van der Waals surface area (Å²) >= 11 is 6.11. The molecule has 0 saturated carbocycles. The number of amides is 1. The highest BCUT2D eigenvalue weighted by Gasteiger charge is 2.13. The number of non-ortho nitro benzene ring substituents is 1. The van der Waals surface area contributed by atoms with Crippen molar-refractivity contribution in [2.75, 3.05) is 0 Å². The van der Waals surface area contributed by atoms with E-state index in [0.717, 1.165) is 16.7 Å². The Balaban J connectivity index is 1.64. The zero-order valence-corrected chi connectivity index (χ0v) is 16.6. The van der Waals surface area contributed by atoms with Crippen LogP contribution in [-0.4, -0.2) is 17.0 Å². The van der Waals surface area contributed by atoms with Crippen LogP contribution in [0.1, 0.15) is 22.5 Å². The van der Waals surface area contributed by atoms with E-state index in [2.05, 4.69) is 10.5 Å². The molecule has 0 atom stereocenters. The van der Waals surface area contributed by atoms with Crippen molar-refractivity contribution in [2.24, 2.45) is 5.10 Å². The molecule has 0 aliphatic carbocycles. The summed E-state index contributed by atoms with van der Waals surface area (Å²) in [5.74, 6) is 0.606. The number of rotatable bonds is 6. The smallest absolute Gasteiger partial charge is 0.270 e. The van der Waals surface area contributed by atoms with E-state index < -0.39 is 4.92 Å². The molecule has 3 aromatic rings. The van der Waals surface area contributed by atoms with Gasteiger partial charge in [-0.2, -0.15) is 5.10 Å². The number of nitrogens with one attached hydrogen (secondary N) is 1. The molecule has 0 spiro atoms. The van der Waals surface area contributed by atoms with E-state index >= 15 is 0 Å². The Morgan fingerprint density at radius 3 is 2.72 bits per heavy atom. The molecule has 1 heterocycles. The van der Waals surface area contributed by atoms with Gasteiger partial charge in [-0.1, -0.05) is 35.4 Å². The van der Waals surface area contributed by atoms with Crippen molar-refractivity contribution in [3.05, 3.63) is 86.1 Å². The Labute approximate surface area is 172 Å². The third kappa shape index (κ3) is 5.08. The van der Waals surface area contributed by atoms with Gasteiger partial charge in [0.2, 0.25) is 5.91 Å². The summed E-state index contributed by atoms with van der Waals surface area (Å²) < 4.78 is 5.63. The first kappa shape index (κ1) is 20.3. The van der Waals surface area contributed by atoms with Crippen molar-refractivity contribution in [3.63, 3.8) is 0 Å². The molecule has 7 nitrogen and oxygen atoms in total. The predicted molar refractivity (Wildman–Crippen MR) is 111 cm³/mol. The third-order valence-corrected chi connectivity index (χ3v) is 4.61. The molecule has 1 aromatic heterocycles. The van der Waals surface area contributed by atoms with E-state index in [-0.39, 0.29) is 23.0 Å². The average molecular weight is 412 g/mol. The molecule has 0 radical (unpaired) electrons. The van der Waals surface area contributed by atoms with Gasteiger partial charge < -0.3 is 4.42 Å². The van der Waals surface area contributed by atoms with Crippen LogP contribution < -0.4 is 5.43 Å². The first-order valence-corrected chi connectivity index (χ1v) is 9.13. The van der Waals surface area contributed by atoms with E-state index in [1.807, 2.05) is 32.0 Å². The minimum atomic E-state index is -0.517. The molecule has 3 rings (SSSR count). The second-order valence-corrected chi connectivity index (χ2v) is 6.93. The third-order valence-electron chi connectivity index (χ3n) is 4.29.